The molecule has 3 saturated carbocycles. The van der Waals surface area contributed by atoms with Crippen molar-refractivity contribution in [3.8, 4) is 5.75 Å². The van der Waals surface area contributed by atoms with E-state index in [2.05, 4.69) is 32.7 Å². The second-order valence-corrected chi connectivity index (χ2v) is 12.5. The van der Waals surface area contributed by atoms with Crippen molar-refractivity contribution < 1.29 is 34.0 Å². The molecule has 3 aliphatic carbocycles. The summed E-state index contributed by atoms with van der Waals surface area (Å²) in [6.45, 7) is 12.4. The molecule has 9 heteroatoms. The van der Waals surface area contributed by atoms with E-state index >= 15 is 0 Å². The number of esters is 1. The molecule has 3 fully saturated rings. The number of Topliss-reactive ketones (excluding diaryl/α,β-unsaturated/α-hetero) is 1. The Hall–Kier alpha value is -2.20. The Morgan fingerprint density at radius 3 is 2.82 bits per heavy atom. The Labute approximate surface area is 225 Å². The van der Waals surface area contributed by atoms with Gasteiger partial charge in [0.1, 0.15) is 17.6 Å². The highest BCUT2D eigenvalue weighted by Gasteiger charge is 2.68. The summed E-state index contributed by atoms with van der Waals surface area (Å²) >= 11 is 0. The normalized spacial score (nSPS) is 40.4. The molecular weight excluding hydrogens is 485 g/mol. The first-order chi connectivity index (χ1) is 18.0. The van der Waals surface area contributed by atoms with Crippen LogP contribution < -0.4 is 15.6 Å². The Morgan fingerprint density at radius 2 is 2.08 bits per heavy atom. The molecule has 0 amide bonds. The standard InChI is InChI=1S/C29H40BNO7/c1-6-27(4)14-23(38-24(33)16-36-20-8-7-19-15-37-31-30(35)21(19)13-20)28(5)17(2)9-11-29(18(3)26(27)34)12-10-22(32)25(28)29/h6-8,13,17-18,23,25-26,31,34-35H,1,9-12,14-16H2,2-5H3/t17-,18-,23+,25-,26-,27+,28-,29-/m0/s1. The number of ketones is 1. The molecule has 8 atom stereocenters. The number of aliphatic hydroxyl groups excluding tert-OH is 1. The summed E-state index contributed by atoms with van der Waals surface area (Å²) < 4.78 is 12.0. The van der Waals surface area contributed by atoms with Crippen LogP contribution in [0.2, 0.25) is 0 Å². The third kappa shape index (κ3) is 4.13. The molecule has 206 valence electrons. The molecule has 3 N–H and O–H groups in total. The summed E-state index contributed by atoms with van der Waals surface area (Å²) in [6, 6.07) is 5.20. The lowest BCUT2D eigenvalue weighted by Crippen LogP contribution is -2.63. The van der Waals surface area contributed by atoms with Crippen molar-refractivity contribution in [2.75, 3.05) is 6.61 Å². The van der Waals surface area contributed by atoms with Crippen molar-refractivity contribution in [2.24, 2.45) is 34.0 Å². The van der Waals surface area contributed by atoms with Gasteiger partial charge in [0.2, 0.25) is 0 Å². The molecule has 0 saturated heterocycles. The van der Waals surface area contributed by atoms with Crippen molar-refractivity contribution in [3.05, 3.63) is 36.4 Å². The van der Waals surface area contributed by atoms with E-state index in [1.54, 1.807) is 24.3 Å². The summed E-state index contributed by atoms with van der Waals surface area (Å²) in [5, 5.41) is 24.3. The number of ether oxygens (including phenoxy) is 2. The van der Waals surface area contributed by atoms with Gasteiger partial charge in [-0.25, -0.2) is 10.2 Å². The number of rotatable bonds is 5. The van der Waals surface area contributed by atoms with Crippen molar-refractivity contribution >= 4 is 24.3 Å². The molecular formula is C29H40BNO7. The minimum Gasteiger partial charge on any atom is -0.482 e. The summed E-state index contributed by atoms with van der Waals surface area (Å²) in [7, 11) is -0.980. The minimum atomic E-state index is -0.980. The van der Waals surface area contributed by atoms with E-state index < -0.39 is 36.1 Å². The highest BCUT2D eigenvalue weighted by atomic mass is 16.6. The maximum Gasteiger partial charge on any atom is 0.438 e. The topological polar surface area (TPSA) is 114 Å². The van der Waals surface area contributed by atoms with E-state index in [9.17, 15) is 19.7 Å². The third-order valence-corrected chi connectivity index (χ3v) is 10.8. The van der Waals surface area contributed by atoms with Crippen molar-refractivity contribution in [3.63, 3.8) is 0 Å². The maximum atomic E-state index is 13.5. The first kappa shape index (κ1) is 27.4. The van der Waals surface area contributed by atoms with Gasteiger partial charge in [-0.2, -0.15) is 0 Å². The molecule has 8 nitrogen and oxygen atoms in total. The number of carbonyl (C=O) groups excluding carboxylic acids is 2. The first-order valence-corrected chi connectivity index (χ1v) is 13.8. The van der Waals surface area contributed by atoms with Crippen LogP contribution in [0.15, 0.2) is 30.9 Å². The van der Waals surface area contributed by atoms with Crippen molar-refractivity contribution in [1.29, 1.82) is 0 Å². The first-order valence-electron chi connectivity index (χ1n) is 13.8. The Morgan fingerprint density at radius 1 is 1.32 bits per heavy atom. The molecule has 1 aromatic rings. The van der Waals surface area contributed by atoms with Gasteiger partial charge >= 0.3 is 13.0 Å². The summed E-state index contributed by atoms with van der Waals surface area (Å²) in [5.41, 5.74) is -0.100. The molecule has 1 heterocycles. The minimum absolute atomic E-state index is 0.0759. The van der Waals surface area contributed by atoms with Crippen LogP contribution in [0.25, 0.3) is 0 Å². The molecule has 2 bridgehead atoms. The number of nitrogens with one attached hydrogen (secondary N) is 1. The molecule has 0 unspecified atom stereocenters. The molecule has 38 heavy (non-hydrogen) atoms. The fourth-order valence-corrected chi connectivity index (χ4v) is 8.15. The number of hydrogen-bond acceptors (Lipinski definition) is 8. The van der Waals surface area contributed by atoms with E-state index in [4.69, 9.17) is 14.3 Å². The summed E-state index contributed by atoms with van der Waals surface area (Å²) in [4.78, 5) is 31.9. The predicted molar refractivity (Wildman–Crippen MR) is 142 cm³/mol. The third-order valence-electron chi connectivity index (χ3n) is 10.8. The zero-order valence-corrected chi connectivity index (χ0v) is 22.9. The van der Waals surface area contributed by atoms with Gasteiger partial charge in [-0.05, 0) is 66.1 Å². The second kappa shape index (κ2) is 9.77. The van der Waals surface area contributed by atoms with Gasteiger partial charge in [-0.1, -0.05) is 39.8 Å². The average Bonchev–Trinajstić information content (AvgIpc) is 3.26. The smallest absolute Gasteiger partial charge is 0.438 e. The second-order valence-electron chi connectivity index (χ2n) is 12.5. The molecule has 5 rings (SSSR count). The number of benzene rings is 1. The fourth-order valence-electron chi connectivity index (χ4n) is 8.15. The number of carbonyl (C=O) groups is 2. The van der Waals surface area contributed by atoms with Crippen LogP contribution in [-0.4, -0.2) is 47.7 Å². The number of fused-ring (bicyclic) bond motifs is 1. The highest BCUT2D eigenvalue weighted by molar-refractivity contribution is 6.64. The van der Waals surface area contributed by atoms with E-state index in [0.29, 0.717) is 30.7 Å². The Kier molecular flexibility index (Phi) is 7.04. The lowest BCUT2D eigenvalue weighted by Gasteiger charge is -2.61. The number of aliphatic hydroxyl groups is 1. The predicted octanol–water partition coefficient (Wildman–Crippen LogP) is 2.69. The monoisotopic (exact) mass is 525 g/mol. The maximum absolute atomic E-state index is 13.5. The van der Waals surface area contributed by atoms with Gasteiger partial charge < -0.3 is 24.4 Å². The van der Waals surface area contributed by atoms with Gasteiger partial charge in [0, 0.05) is 23.2 Å². The lowest BCUT2D eigenvalue weighted by molar-refractivity contribution is -0.207. The van der Waals surface area contributed by atoms with Crippen LogP contribution in [-0.2, 0) is 25.8 Å². The largest absolute Gasteiger partial charge is 0.482 e. The Balaban J connectivity index is 1.42. The van der Waals surface area contributed by atoms with E-state index in [1.165, 1.54) is 0 Å². The summed E-state index contributed by atoms with van der Waals surface area (Å²) in [6.07, 6.45) is 3.95. The molecule has 0 aromatic heterocycles. The van der Waals surface area contributed by atoms with Crippen LogP contribution in [0.3, 0.4) is 0 Å². The van der Waals surface area contributed by atoms with Crippen LogP contribution >= 0.6 is 0 Å². The van der Waals surface area contributed by atoms with E-state index in [-0.39, 0.29) is 35.6 Å². The molecule has 0 radical (unpaired) electrons. The quantitative estimate of drug-likeness (QED) is 0.306. The molecule has 4 aliphatic rings. The molecule has 1 aromatic carbocycles. The van der Waals surface area contributed by atoms with Crippen LogP contribution in [0.5, 0.6) is 5.75 Å². The van der Waals surface area contributed by atoms with Crippen molar-refractivity contribution in [2.45, 2.75) is 78.6 Å². The fraction of sp³-hybridized carbons (Fsp3) is 0.655. The SMILES string of the molecule is C=C[C@]1(C)C[C@@H](OC(=O)COc2ccc3c(c2)B(O)NOC3)[C@@]2(C)[C@@H]3C(=O)CC[C@@]3(CC[C@@H]2C)[C@@H](C)[C@@H]1O. The molecule has 1 aliphatic heterocycles. The number of hydrogen-bond donors (Lipinski definition) is 3. The van der Waals surface area contributed by atoms with Crippen LogP contribution in [0.4, 0.5) is 0 Å². The lowest BCUT2D eigenvalue weighted by atomic mass is 9.44. The zero-order valence-electron chi connectivity index (χ0n) is 22.9. The van der Waals surface area contributed by atoms with E-state index in [1.807, 2.05) is 6.92 Å². The molecule has 0 spiro atoms. The van der Waals surface area contributed by atoms with Gasteiger partial charge in [0.05, 0.1) is 12.7 Å². The van der Waals surface area contributed by atoms with Crippen LogP contribution in [0, 0.1) is 34.0 Å². The van der Waals surface area contributed by atoms with Crippen LogP contribution in [0.1, 0.15) is 65.4 Å². The van der Waals surface area contributed by atoms with Gasteiger partial charge in [0.15, 0.2) is 6.61 Å². The average molecular weight is 525 g/mol. The van der Waals surface area contributed by atoms with Gasteiger partial charge in [-0.15, -0.1) is 6.58 Å². The van der Waals surface area contributed by atoms with Gasteiger partial charge in [-0.3, -0.25) is 4.79 Å². The van der Waals surface area contributed by atoms with Gasteiger partial charge in [0.25, 0.3) is 0 Å². The zero-order chi connectivity index (χ0) is 27.5. The Bertz CT molecular complexity index is 1130. The van der Waals surface area contributed by atoms with E-state index in [0.717, 1.165) is 24.8 Å². The van der Waals surface area contributed by atoms with Crippen molar-refractivity contribution in [1.82, 2.24) is 5.39 Å². The highest BCUT2D eigenvalue weighted by Crippen LogP contribution is 2.68. The summed E-state index contributed by atoms with van der Waals surface area (Å²) in [5.74, 6) is -0.0540.